The van der Waals surface area contributed by atoms with Crippen LogP contribution in [0.5, 0.6) is 0 Å². The number of nitrogens with zero attached hydrogens (tertiary/aromatic N) is 2. The van der Waals surface area contributed by atoms with E-state index in [1.54, 1.807) is 13.0 Å². The average Bonchev–Trinajstić information content (AvgIpc) is 2.98. The number of nitrogens with one attached hydrogen (secondary N) is 1. The predicted octanol–water partition coefficient (Wildman–Crippen LogP) is 3.33. The minimum atomic E-state index is -0.111. The molecule has 1 fully saturated rings. The second kappa shape index (κ2) is 6.19. The number of pyridine rings is 1. The Labute approximate surface area is 148 Å². The number of hydrogen-bond acceptors (Lipinski definition) is 4. The van der Waals surface area contributed by atoms with E-state index in [9.17, 15) is 9.59 Å². The number of carbonyl (C=O) groups is 1. The van der Waals surface area contributed by atoms with Crippen molar-refractivity contribution < 1.29 is 9.32 Å². The quantitative estimate of drug-likeness (QED) is 0.727. The third-order valence-electron chi connectivity index (χ3n) is 5.10. The third kappa shape index (κ3) is 2.52. The van der Waals surface area contributed by atoms with Crippen molar-refractivity contribution in [1.82, 2.24) is 15.0 Å². The van der Waals surface area contributed by atoms with Gasteiger partial charge in [-0.15, -0.1) is 0 Å². The monoisotopic (exact) mass is 359 g/mol. The van der Waals surface area contributed by atoms with Gasteiger partial charge >= 0.3 is 0 Å². The van der Waals surface area contributed by atoms with Crippen LogP contribution in [-0.4, -0.2) is 22.2 Å². The summed E-state index contributed by atoms with van der Waals surface area (Å²) in [6.45, 7) is 1.74. The molecule has 1 amide bonds. The molecule has 2 heterocycles. The zero-order chi connectivity index (χ0) is 17.6. The number of carbonyl (C=O) groups excluding carboxylic acids is 1. The zero-order valence-electron chi connectivity index (χ0n) is 13.8. The SMILES string of the molecule is Cc1onc2c1c(=O)n([C@H]1CCC[C@@H](NC=O)C1)c1cccc(Cl)c21. The van der Waals surface area contributed by atoms with Crippen LogP contribution in [0.4, 0.5) is 0 Å². The van der Waals surface area contributed by atoms with Gasteiger partial charge in [-0.1, -0.05) is 22.8 Å². The summed E-state index contributed by atoms with van der Waals surface area (Å²) in [6, 6.07) is 5.60. The maximum Gasteiger partial charge on any atom is 0.264 e. The van der Waals surface area contributed by atoms with Gasteiger partial charge in [-0.05, 0) is 44.7 Å². The Morgan fingerprint density at radius 2 is 2.20 bits per heavy atom. The standard InChI is InChI=1S/C18H18ClN3O3/c1-10-15-17(21-25-10)16-13(19)6-3-7-14(16)22(18(15)24)12-5-2-4-11(8-12)20-9-23/h3,6-7,9,11-12H,2,4-5,8H2,1H3,(H,20,23)/t11-,12+/m1/s1. The first-order valence-corrected chi connectivity index (χ1v) is 8.78. The lowest BCUT2D eigenvalue weighted by Crippen LogP contribution is -2.37. The lowest BCUT2D eigenvalue weighted by atomic mass is 9.90. The van der Waals surface area contributed by atoms with E-state index in [-0.39, 0.29) is 17.6 Å². The summed E-state index contributed by atoms with van der Waals surface area (Å²) in [5.74, 6) is 0.494. The van der Waals surface area contributed by atoms with Crippen LogP contribution in [0.3, 0.4) is 0 Å². The Bertz CT molecular complexity index is 1020. The molecule has 0 unspecified atom stereocenters. The molecule has 1 aliphatic rings. The summed E-state index contributed by atoms with van der Waals surface area (Å²) in [7, 11) is 0. The highest BCUT2D eigenvalue weighted by molar-refractivity contribution is 6.37. The maximum atomic E-state index is 13.2. The second-order valence-electron chi connectivity index (χ2n) is 6.57. The van der Waals surface area contributed by atoms with Crippen LogP contribution in [-0.2, 0) is 4.79 Å². The molecule has 1 aromatic carbocycles. The molecule has 1 N–H and O–H groups in total. The highest BCUT2D eigenvalue weighted by Gasteiger charge is 2.27. The largest absolute Gasteiger partial charge is 0.360 e. The van der Waals surface area contributed by atoms with Crippen molar-refractivity contribution in [3.63, 3.8) is 0 Å². The summed E-state index contributed by atoms with van der Waals surface area (Å²) < 4.78 is 7.09. The first-order chi connectivity index (χ1) is 12.1. The van der Waals surface area contributed by atoms with Gasteiger partial charge < -0.3 is 14.4 Å². The van der Waals surface area contributed by atoms with E-state index < -0.39 is 0 Å². The summed E-state index contributed by atoms with van der Waals surface area (Å²) >= 11 is 6.43. The van der Waals surface area contributed by atoms with Gasteiger partial charge in [0.25, 0.3) is 5.56 Å². The number of fused-ring (bicyclic) bond motifs is 3. The molecule has 0 bridgehead atoms. The fourth-order valence-corrected chi connectivity index (χ4v) is 4.24. The molecule has 2 aromatic heterocycles. The Balaban J connectivity index is 2.00. The van der Waals surface area contributed by atoms with E-state index >= 15 is 0 Å². The third-order valence-corrected chi connectivity index (χ3v) is 5.41. The number of halogens is 1. The van der Waals surface area contributed by atoms with E-state index in [2.05, 4.69) is 10.5 Å². The topological polar surface area (TPSA) is 77.1 Å². The smallest absolute Gasteiger partial charge is 0.264 e. The van der Waals surface area contributed by atoms with Crippen LogP contribution in [0.1, 0.15) is 37.5 Å². The summed E-state index contributed by atoms with van der Waals surface area (Å²) in [4.78, 5) is 24.0. The molecular formula is C18H18ClN3O3. The van der Waals surface area contributed by atoms with Crippen molar-refractivity contribution >= 4 is 39.8 Å². The Morgan fingerprint density at radius 1 is 1.36 bits per heavy atom. The first-order valence-electron chi connectivity index (χ1n) is 8.40. The average molecular weight is 360 g/mol. The number of aryl methyl sites for hydroxylation is 1. The van der Waals surface area contributed by atoms with Crippen molar-refractivity contribution in [3.05, 3.63) is 39.3 Å². The van der Waals surface area contributed by atoms with Crippen LogP contribution in [0.15, 0.2) is 27.5 Å². The number of hydrogen-bond donors (Lipinski definition) is 1. The summed E-state index contributed by atoms with van der Waals surface area (Å²) in [5, 5.41) is 8.68. The van der Waals surface area contributed by atoms with Crippen LogP contribution in [0, 0.1) is 6.92 Å². The first kappa shape index (κ1) is 16.1. The zero-order valence-corrected chi connectivity index (χ0v) is 14.5. The molecule has 130 valence electrons. The lowest BCUT2D eigenvalue weighted by Gasteiger charge is -2.31. The minimum absolute atomic E-state index is 0.00151. The fraction of sp³-hybridized carbons (Fsp3) is 0.389. The van der Waals surface area contributed by atoms with Crippen LogP contribution in [0.25, 0.3) is 21.8 Å². The number of amides is 1. The van der Waals surface area contributed by atoms with Gasteiger partial charge in [0.2, 0.25) is 6.41 Å². The minimum Gasteiger partial charge on any atom is -0.360 e. The summed E-state index contributed by atoms with van der Waals surface area (Å²) in [5.41, 5.74) is 1.16. The molecule has 6 nitrogen and oxygen atoms in total. The van der Waals surface area contributed by atoms with Crippen molar-refractivity contribution in [2.45, 2.75) is 44.7 Å². The lowest BCUT2D eigenvalue weighted by molar-refractivity contribution is -0.110. The van der Waals surface area contributed by atoms with E-state index in [1.165, 1.54) is 0 Å². The van der Waals surface area contributed by atoms with Crippen LogP contribution in [0.2, 0.25) is 5.02 Å². The number of benzene rings is 1. The Morgan fingerprint density at radius 3 is 3.00 bits per heavy atom. The molecule has 0 aliphatic heterocycles. The maximum absolute atomic E-state index is 13.2. The molecule has 1 aliphatic carbocycles. The predicted molar refractivity (Wildman–Crippen MR) is 96.0 cm³/mol. The van der Waals surface area contributed by atoms with Crippen molar-refractivity contribution in [2.75, 3.05) is 0 Å². The van der Waals surface area contributed by atoms with Gasteiger partial charge in [0, 0.05) is 17.5 Å². The van der Waals surface area contributed by atoms with E-state index in [0.29, 0.717) is 21.7 Å². The number of aromatic nitrogens is 2. The van der Waals surface area contributed by atoms with Crippen LogP contribution < -0.4 is 10.9 Å². The van der Waals surface area contributed by atoms with Gasteiger partial charge in [-0.2, -0.15) is 0 Å². The van der Waals surface area contributed by atoms with Crippen molar-refractivity contribution in [3.8, 4) is 0 Å². The Hall–Kier alpha value is -2.34. The Kier molecular flexibility index (Phi) is 4.00. The molecule has 1 saturated carbocycles. The van der Waals surface area contributed by atoms with Gasteiger partial charge in [-0.25, -0.2) is 0 Å². The van der Waals surface area contributed by atoms with E-state index in [4.69, 9.17) is 16.1 Å². The van der Waals surface area contributed by atoms with Crippen molar-refractivity contribution in [2.24, 2.45) is 0 Å². The molecule has 4 rings (SSSR count). The fourth-order valence-electron chi connectivity index (χ4n) is 3.98. The summed E-state index contributed by atoms with van der Waals surface area (Å²) in [6.07, 6.45) is 4.21. The molecular weight excluding hydrogens is 342 g/mol. The highest BCUT2D eigenvalue weighted by atomic mass is 35.5. The highest BCUT2D eigenvalue weighted by Crippen LogP contribution is 2.35. The van der Waals surface area contributed by atoms with Gasteiger partial charge in [0.1, 0.15) is 16.7 Å². The molecule has 0 spiro atoms. The molecule has 0 saturated heterocycles. The van der Waals surface area contributed by atoms with Crippen molar-refractivity contribution in [1.29, 1.82) is 0 Å². The molecule has 0 radical (unpaired) electrons. The number of rotatable bonds is 3. The van der Waals surface area contributed by atoms with E-state index in [0.717, 1.165) is 43.0 Å². The normalized spacial score (nSPS) is 20.9. The van der Waals surface area contributed by atoms with E-state index in [1.807, 2.05) is 16.7 Å². The molecule has 3 aromatic rings. The van der Waals surface area contributed by atoms with Crippen LogP contribution >= 0.6 is 11.6 Å². The second-order valence-corrected chi connectivity index (χ2v) is 6.98. The van der Waals surface area contributed by atoms with Gasteiger partial charge in [-0.3, -0.25) is 9.59 Å². The molecule has 25 heavy (non-hydrogen) atoms. The van der Waals surface area contributed by atoms with Gasteiger partial charge in [0.15, 0.2) is 0 Å². The molecule has 7 heteroatoms. The molecule has 2 atom stereocenters. The van der Waals surface area contributed by atoms with Gasteiger partial charge in [0.05, 0.1) is 10.5 Å².